The van der Waals surface area contributed by atoms with Crippen molar-refractivity contribution in [3.63, 3.8) is 0 Å². The van der Waals surface area contributed by atoms with E-state index in [4.69, 9.17) is 0 Å². The lowest BCUT2D eigenvalue weighted by Gasteiger charge is -2.40. The summed E-state index contributed by atoms with van der Waals surface area (Å²) in [6, 6.07) is 1.53. The molecule has 1 aromatic rings. The second-order valence-corrected chi connectivity index (χ2v) is 6.61. The van der Waals surface area contributed by atoms with Crippen LogP contribution in [-0.2, 0) is 16.1 Å². The third-order valence-corrected chi connectivity index (χ3v) is 4.59. The highest BCUT2D eigenvalue weighted by Crippen LogP contribution is 2.30. The van der Waals surface area contributed by atoms with E-state index >= 15 is 0 Å². The second kappa shape index (κ2) is 6.49. The Labute approximate surface area is 139 Å². The molecule has 132 valence electrons. The summed E-state index contributed by atoms with van der Waals surface area (Å²) in [7, 11) is 0. The molecule has 0 N–H and O–H groups in total. The molecule has 1 atom stereocenters. The van der Waals surface area contributed by atoms with Gasteiger partial charge in [-0.2, -0.15) is 5.10 Å². The minimum absolute atomic E-state index is 0.0669. The van der Waals surface area contributed by atoms with Crippen molar-refractivity contribution in [2.45, 2.75) is 51.1 Å². The maximum absolute atomic E-state index is 12.9. The number of hydrogen-bond acceptors (Lipinski definition) is 3. The average Bonchev–Trinajstić information content (AvgIpc) is 2.98. The van der Waals surface area contributed by atoms with Crippen molar-refractivity contribution in [3.8, 4) is 0 Å². The monoisotopic (exact) mass is 340 g/mol. The van der Waals surface area contributed by atoms with E-state index in [1.54, 1.807) is 15.8 Å². The quantitative estimate of drug-likeness (QED) is 0.822. The van der Waals surface area contributed by atoms with Gasteiger partial charge in [0, 0.05) is 19.2 Å². The summed E-state index contributed by atoms with van der Waals surface area (Å²) in [6.07, 6.45) is 4.00. The fourth-order valence-corrected chi connectivity index (χ4v) is 3.23. The highest BCUT2D eigenvalue weighted by atomic mass is 19.3. The van der Waals surface area contributed by atoms with Crippen LogP contribution in [0.15, 0.2) is 12.3 Å². The van der Waals surface area contributed by atoms with Crippen LogP contribution < -0.4 is 0 Å². The summed E-state index contributed by atoms with van der Waals surface area (Å²) in [4.78, 5) is 27.4. The van der Waals surface area contributed by atoms with Gasteiger partial charge in [-0.1, -0.05) is 13.3 Å². The van der Waals surface area contributed by atoms with Crippen molar-refractivity contribution in [3.05, 3.63) is 18.0 Å². The third-order valence-electron chi connectivity index (χ3n) is 4.59. The molecule has 0 radical (unpaired) electrons. The van der Waals surface area contributed by atoms with E-state index in [-0.39, 0.29) is 24.3 Å². The maximum Gasteiger partial charge on any atom is 0.282 e. The SMILES string of the molecule is CCCCC(=O)N1Cc2ccnn2[C@H](CC(=O)N2CC(F)(F)C2)C1. The van der Waals surface area contributed by atoms with E-state index in [2.05, 4.69) is 5.10 Å². The normalized spacial score (nSPS) is 22.0. The molecule has 1 saturated heterocycles. The van der Waals surface area contributed by atoms with Gasteiger partial charge in [0.25, 0.3) is 5.92 Å². The molecule has 0 bridgehead atoms. The van der Waals surface area contributed by atoms with Crippen molar-refractivity contribution >= 4 is 11.8 Å². The number of carbonyl (C=O) groups is 2. The van der Waals surface area contributed by atoms with Gasteiger partial charge in [-0.3, -0.25) is 14.3 Å². The molecule has 0 unspecified atom stereocenters. The van der Waals surface area contributed by atoms with E-state index in [0.29, 0.717) is 19.5 Å². The van der Waals surface area contributed by atoms with E-state index < -0.39 is 19.0 Å². The minimum atomic E-state index is -2.76. The molecule has 2 amide bonds. The maximum atomic E-state index is 12.9. The lowest BCUT2D eigenvalue weighted by Crippen LogP contribution is -2.59. The Morgan fingerprint density at radius 1 is 1.29 bits per heavy atom. The average molecular weight is 340 g/mol. The van der Waals surface area contributed by atoms with Gasteiger partial charge in [0.1, 0.15) is 0 Å². The molecule has 0 aliphatic carbocycles. The van der Waals surface area contributed by atoms with Crippen LogP contribution in [0.25, 0.3) is 0 Å². The van der Waals surface area contributed by atoms with Gasteiger partial charge in [0.2, 0.25) is 11.8 Å². The van der Waals surface area contributed by atoms with Gasteiger partial charge in [-0.25, -0.2) is 8.78 Å². The van der Waals surface area contributed by atoms with Crippen LogP contribution in [0.2, 0.25) is 0 Å². The molecule has 0 saturated carbocycles. The molecule has 24 heavy (non-hydrogen) atoms. The largest absolute Gasteiger partial charge is 0.335 e. The number of carbonyl (C=O) groups excluding carboxylic acids is 2. The molecule has 0 spiro atoms. The number of hydrogen-bond donors (Lipinski definition) is 0. The summed E-state index contributed by atoms with van der Waals surface area (Å²) in [5, 5.41) is 4.24. The van der Waals surface area contributed by atoms with Crippen molar-refractivity contribution in [2.75, 3.05) is 19.6 Å². The summed E-state index contributed by atoms with van der Waals surface area (Å²) in [6.45, 7) is 1.89. The highest BCUT2D eigenvalue weighted by Gasteiger charge is 2.46. The Bertz CT molecular complexity index is 623. The Morgan fingerprint density at radius 3 is 2.71 bits per heavy atom. The first-order chi connectivity index (χ1) is 11.4. The standard InChI is InChI=1S/C16H22F2N4O2/c1-2-3-4-14(23)20-8-12-5-6-19-22(12)13(9-20)7-15(24)21-10-16(17,18)11-21/h5-6,13H,2-4,7-11H2,1H3/t13-/m1/s1. The predicted molar refractivity (Wildman–Crippen MR) is 82.4 cm³/mol. The summed E-state index contributed by atoms with van der Waals surface area (Å²) in [5.41, 5.74) is 0.873. The molecule has 2 aliphatic rings. The van der Waals surface area contributed by atoms with E-state index in [9.17, 15) is 18.4 Å². The number of unbranched alkanes of at least 4 members (excludes halogenated alkanes) is 1. The zero-order valence-electron chi connectivity index (χ0n) is 13.8. The van der Waals surface area contributed by atoms with Crippen molar-refractivity contribution in [1.82, 2.24) is 19.6 Å². The van der Waals surface area contributed by atoms with Gasteiger partial charge >= 0.3 is 0 Å². The molecule has 3 heterocycles. The zero-order chi connectivity index (χ0) is 17.3. The van der Waals surface area contributed by atoms with Crippen LogP contribution in [0.4, 0.5) is 8.78 Å². The van der Waals surface area contributed by atoms with Crippen LogP contribution in [0, 0.1) is 0 Å². The number of fused-ring (bicyclic) bond motifs is 1. The van der Waals surface area contributed by atoms with Crippen molar-refractivity contribution in [1.29, 1.82) is 0 Å². The van der Waals surface area contributed by atoms with Crippen LogP contribution >= 0.6 is 0 Å². The Kier molecular flexibility index (Phi) is 4.56. The molecular formula is C16H22F2N4O2. The number of aromatic nitrogens is 2. The number of amides is 2. The number of nitrogens with zero attached hydrogens (tertiary/aromatic N) is 4. The van der Waals surface area contributed by atoms with Crippen molar-refractivity contribution < 1.29 is 18.4 Å². The highest BCUT2D eigenvalue weighted by molar-refractivity contribution is 5.78. The number of likely N-dealkylation sites (tertiary alicyclic amines) is 1. The Balaban J connectivity index is 1.66. The number of rotatable bonds is 5. The van der Waals surface area contributed by atoms with E-state index in [1.807, 2.05) is 13.0 Å². The minimum Gasteiger partial charge on any atom is -0.335 e. The summed E-state index contributed by atoms with van der Waals surface area (Å²) < 4.78 is 27.6. The Morgan fingerprint density at radius 2 is 2.04 bits per heavy atom. The fraction of sp³-hybridized carbons (Fsp3) is 0.688. The molecule has 1 aromatic heterocycles. The molecule has 6 nitrogen and oxygen atoms in total. The first-order valence-electron chi connectivity index (χ1n) is 8.35. The van der Waals surface area contributed by atoms with Gasteiger partial charge in [0.15, 0.2) is 0 Å². The van der Waals surface area contributed by atoms with Gasteiger partial charge < -0.3 is 9.80 Å². The molecule has 0 aromatic carbocycles. The number of halogens is 2. The first kappa shape index (κ1) is 16.9. The topological polar surface area (TPSA) is 58.4 Å². The van der Waals surface area contributed by atoms with Crippen LogP contribution in [-0.4, -0.2) is 57.0 Å². The second-order valence-electron chi connectivity index (χ2n) is 6.61. The number of alkyl halides is 2. The molecule has 2 aliphatic heterocycles. The smallest absolute Gasteiger partial charge is 0.282 e. The molecule has 8 heteroatoms. The first-order valence-corrected chi connectivity index (χ1v) is 8.35. The lowest BCUT2D eigenvalue weighted by molar-refractivity contribution is -0.166. The van der Waals surface area contributed by atoms with E-state index in [0.717, 1.165) is 18.5 Å². The molecule has 3 rings (SSSR count). The van der Waals surface area contributed by atoms with Gasteiger partial charge in [-0.05, 0) is 12.5 Å². The Hall–Kier alpha value is -1.99. The molecule has 1 fully saturated rings. The van der Waals surface area contributed by atoms with E-state index in [1.165, 1.54) is 4.90 Å². The fourth-order valence-electron chi connectivity index (χ4n) is 3.23. The summed E-state index contributed by atoms with van der Waals surface area (Å²) >= 11 is 0. The predicted octanol–water partition coefficient (Wildman–Crippen LogP) is 1.82. The lowest BCUT2D eigenvalue weighted by atomic mass is 10.1. The van der Waals surface area contributed by atoms with Crippen LogP contribution in [0.3, 0.4) is 0 Å². The van der Waals surface area contributed by atoms with Crippen LogP contribution in [0.1, 0.15) is 44.3 Å². The third kappa shape index (κ3) is 3.42. The summed E-state index contributed by atoms with van der Waals surface area (Å²) in [5.74, 6) is -3.01. The van der Waals surface area contributed by atoms with Crippen LogP contribution in [0.5, 0.6) is 0 Å². The van der Waals surface area contributed by atoms with Gasteiger partial charge in [0.05, 0.1) is 37.8 Å². The van der Waals surface area contributed by atoms with Crippen molar-refractivity contribution in [2.24, 2.45) is 0 Å². The zero-order valence-corrected chi connectivity index (χ0v) is 13.8. The molecular weight excluding hydrogens is 318 g/mol. The van der Waals surface area contributed by atoms with Gasteiger partial charge in [-0.15, -0.1) is 0 Å².